The third kappa shape index (κ3) is 2.82. The first-order valence-corrected chi connectivity index (χ1v) is 8.24. The number of benzene rings is 1. The van der Waals surface area contributed by atoms with E-state index in [0.29, 0.717) is 5.57 Å². The Morgan fingerprint density at radius 1 is 1.20 bits per heavy atom. The summed E-state index contributed by atoms with van der Waals surface area (Å²) < 4.78 is 0. The molecule has 1 aromatic carbocycles. The molecule has 0 amide bonds. The molecule has 0 saturated heterocycles. The van der Waals surface area contributed by atoms with E-state index in [-0.39, 0.29) is 16.9 Å². The summed E-state index contributed by atoms with van der Waals surface area (Å²) in [7, 11) is 0. The summed E-state index contributed by atoms with van der Waals surface area (Å²) in [6, 6.07) is 8.25. The van der Waals surface area contributed by atoms with E-state index < -0.39 is 4.92 Å². The van der Waals surface area contributed by atoms with Crippen LogP contribution in [0.25, 0.3) is 0 Å². The van der Waals surface area contributed by atoms with Crippen LogP contribution < -0.4 is 4.90 Å². The smallest absolute Gasteiger partial charge is 0.270 e. The lowest BCUT2D eigenvalue weighted by Gasteiger charge is -2.26. The number of nitrogens with zero attached hydrogens (tertiary/aromatic N) is 2. The van der Waals surface area contributed by atoms with Gasteiger partial charge in [0.05, 0.1) is 4.92 Å². The zero-order valence-electron chi connectivity index (χ0n) is 14.5. The number of nitro groups is 1. The number of ketones is 1. The zero-order valence-corrected chi connectivity index (χ0v) is 14.5. The third-order valence-electron chi connectivity index (χ3n) is 4.74. The van der Waals surface area contributed by atoms with Gasteiger partial charge in [0.1, 0.15) is 0 Å². The zero-order chi connectivity index (χ0) is 18.2. The molecule has 1 aliphatic carbocycles. The Morgan fingerprint density at radius 2 is 1.92 bits per heavy atom. The van der Waals surface area contributed by atoms with Crippen LogP contribution in [0.15, 0.2) is 71.6 Å². The summed E-state index contributed by atoms with van der Waals surface area (Å²) in [6.07, 6.45) is 7.39. The second kappa shape index (κ2) is 6.16. The van der Waals surface area contributed by atoms with E-state index in [4.69, 9.17) is 0 Å². The van der Waals surface area contributed by atoms with Crippen molar-refractivity contribution < 1.29 is 9.72 Å². The summed E-state index contributed by atoms with van der Waals surface area (Å²) in [4.78, 5) is 24.7. The predicted molar refractivity (Wildman–Crippen MR) is 97.9 cm³/mol. The number of carbonyl (C=O) groups excluding carboxylic acids is 1. The van der Waals surface area contributed by atoms with Crippen molar-refractivity contribution in [3.05, 3.63) is 87.3 Å². The maximum absolute atomic E-state index is 12.0. The van der Waals surface area contributed by atoms with E-state index in [0.717, 1.165) is 17.9 Å². The first-order chi connectivity index (χ1) is 11.9. The molecule has 0 spiro atoms. The number of para-hydroxylation sites is 1. The van der Waals surface area contributed by atoms with Crippen molar-refractivity contribution in [2.24, 2.45) is 0 Å². The van der Waals surface area contributed by atoms with Crippen LogP contribution in [0.1, 0.15) is 26.3 Å². The molecule has 1 aromatic rings. The summed E-state index contributed by atoms with van der Waals surface area (Å²) in [5, 5.41) is 10.9. The van der Waals surface area contributed by atoms with Crippen LogP contribution in [0.5, 0.6) is 0 Å². The number of rotatable bonds is 3. The van der Waals surface area contributed by atoms with Gasteiger partial charge in [-0.3, -0.25) is 14.9 Å². The van der Waals surface area contributed by atoms with Crippen molar-refractivity contribution in [3.8, 4) is 0 Å². The molecule has 0 fully saturated rings. The number of likely N-dealkylation sites (N-methyl/N-ethyl adjacent to an activating group) is 1. The standard InChI is InChI=1S/C20H20N2O3/c1-4-21-17-8-6-5-7-16(17)20(2,3)19(21)12-9-14-13-15(22(24)25)10-11-18(14)23/h5-13H,4H2,1-3H3. The average molecular weight is 336 g/mol. The number of carbonyl (C=O) groups is 1. The summed E-state index contributed by atoms with van der Waals surface area (Å²) >= 11 is 0. The molecule has 0 unspecified atom stereocenters. The van der Waals surface area contributed by atoms with Crippen LogP contribution in [0.4, 0.5) is 5.69 Å². The average Bonchev–Trinajstić information content (AvgIpc) is 2.81. The molecule has 0 atom stereocenters. The number of hydrogen-bond donors (Lipinski definition) is 0. The molecule has 1 heterocycles. The minimum absolute atomic E-state index is 0.0782. The number of anilines is 1. The molecule has 0 N–H and O–H groups in total. The van der Waals surface area contributed by atoms with Crippen LogP contribution in [-0.2, 0) is 10.2 Å². The van der Waals surface area contributed by atoms with Crippen molar-refractivity contribution in [3.63, 3.8) is 0 Å². The van der Waals surface area contributed by atoms with Crippen LogP contribution in [0.2, 0.25) is 0 Å². The molecule has 0 bridgehead atoms. The lowest BCUT2D eigenvalue weighted by Crippen LogP contribution is -2.25. The molecule has 128 valence electrons. The van der Waals surface area contributed by atoms with Gasteiger partial charge in [0.15, 0.2) is 5.78 Å². The minimum atomic E-state index is -0.488. The van der Waals surface area contributed by atoms with Crippen LogP contribution >= 0.6 is 0 Å². The third-order valence-corrected chi connectivity index (χ3v) is 4.74. The highest BCUT2D eigenvalue weighted by atomic mass is 16.6. The van der Waals surface area contributed by atoms with Crippen molar-refractivity contribution in [1.29, 1.82) is 0 Å². The number of fused-ring (bicyclic) bond motifs is 1. The van der Waals surface area contributed by atoms with E-state index in [9.17, 15) is 14.9 Å². The van der Waals surface area contributed by atoms with E-state index in [2.05, 4.69) is 37.8 Å². The Bertz CT molecular complexity index is 873. The second-order valence-electron chi connectivity index (χ2n) is 6.58. The minimum Gasteiger partial charge on any atom is -0.344 e. The number of hydrogen-bond acceptors (Lipinski definition) is 4. The molecule has 0 saturated carbocycles. The lowest BCUT2D eigenvalue weighted by atomic mass is 9.83. The molecular weight excluding hydrogens is 316 g/mol. The van der Waals surface area contributed by atoms with Gasteiger partial charge in [0, 0.05) is 41.1 Å². The van der Waals surface area contributed by atoms with Gasteiger partial charge in [-0.1, -0.05) is 32.0 Å². The Balaban J connectivity index is 2.05. The maximum atomic E-state index is 12.0. The van der Waals surface area contributed by atoms with Gasteiger partial charge in [-0.15, -0.1) is 0 Å². The van der Waals surface area contributed by atoms with Gasteiger partial charge in [-0.2, -0.15) is 0 Å². The van der Waals surface area contributed by atoms with E-state index in [1.165, 1.54) is 23.8 Å². The first kappa shape index (κ1) is 16.9. The van der Waals surface area contributed by atoms with Gasteiger partial charge in [0.2, 0.25) is 0 Å². The largest absolute Gasteiger partial charge is 0.344 e. The Hall–Kier alpha value is -2.95. The quantitative estimate of drug-likeness (QED) is 0.477. The predicted octanol–water partition coefficient (Wildman–Crippen LogP) is 3.91. The van der Waals surface area contributed by atoms with Gasteiger partial charge in [-0.25, -0.2) is 0 Å². The summed E-state index contributed by atoms with van der Waals surface area (Å²) in [6.45, 7) is 7.18. The van der Waals surface area contributed by atoms with Crippen molar-refractivity contribution in [2.45, 2.75) is 26.2 Å². The van der Waals surface area contributed by atoms with Gasteiger partial charge >= 0.3 is 0 Å². The van der Waals surface area contributed by atoms with Crippen LogP contribution in [0.3, 0.4) is 0 Å². The van der Waals surface area contributed by atoms with Crippen LogP contribution in [0, 0.1) is 10.1 Å². The molecule has 3 rings (SSSR count). The summed E-state index contributed by atoms with van der Waals surface area (Å²) in [5.74, 6) is -0.223. The Kier molecular flexibility index (Phi) is 4.17. The van der Waals surface area contributed by atoms with E-state index in [1.54, 1.807) is 6.08 Å². The van der Waals surface area contributed by atoms with Crippen molar-refractivity contribution in [2.75, 3.05) is 11.4 Å². The normalized spacial score (nSPS) is 21.6. The molecule has 5 nitrogen and oxygen atoms in total. The van der Waals surface area contributed by atoms with Gasteiger partial charge < -0.3 is 4.90 Å². The molecule has 0 aromatic heterocycles. The highest BCUT2D eigenvalue weighted by Gasteiger charge is 2.38. The molecule has 2 aliphatic rings. The molecule has 1 aliphatic heterocycles. The van der Waals surface area contributed by atoms with Gasteiger partial charge in [-0.05, 0) is 36.8 Å². The topological polar surface area (TPSA) is 63.4 Å². The number of allylic oxidation sites excluding steroid dienone is 7. The molecule has 0 radical (unpaired) electrons. The highest BCUT2D eigenvalue weighted by molar-refractivity contribution is 6.07. The fourth-order valence-electron chi connectivity index (χ4n) is 3.43. The highest BCUT2D eigenvalue weighted by Crippen LogP contribution is 2.47. The van der Waals surface area contributed by atoms with Crippen molar-refractivity contribution >= 4 is 11.5 Å². The van der Waals surface area contributed by atoms with E-state index >= 15 is 0 Å². The molecule has 25 heavy (non-hydrogen) atoms. The Labute approximate surface area is 146 Å². The first-order valence-electron chi connectivity index (χ1n) is 8.24. The Morgan fingerprint density at radius 3 is 2.60 bits per heavy atom. The fraction of sp³-hybridized carbons (Fsp3) is 0.250. The summed E-state index contributed by atoms with van der Waals surface area (Å²) in [5.41, 5.74) is 3.51. The van der Waals surface area contributed by atoms with E-state index in [1.807, 2.05) is 18.2 Å². The van der Waals surface area contributed by atoms with Crippen molar-refractivity contribution in [1.82, 2.24) is 0 Å². The maximum Gasteiger partial charge on any atom is 0.270 e. The monoisotopic (exact) mass is 336 g/mol. The van der Waals surface area contributed by atoms with Crippen LogP contribution in [-0.4, -0.2) is 17.3 Å². The second-order valence-corrected chi connectivity index (χ2v) is 6.58. The fourth-order valence-corrected chi connectivity index (χ4v) is 3.43. The molecule has 5 heteroatoms. The molecular formula is C20H20N2O3. The SMILES string of the molecule is CCN1C(=CC=C2C=C([N+](=O)[O-])C=CC2=O)C(C)(C)c2ccccc21. The lowest BCUT2D eigenvalue weighted by molar-refractivity contribution is -0.419. The van der Waals surface area contributed by atoms with Gasteiger partial charge in [0.25, 0.3) is 5.70 Å².